The molecule has 2 amide bonds. The van der Waals surface area contributed by atoms with Gasteiger partial charge in [0.15, 0.2) is 0 Å². The lowest BCUT2D eigenvalue weighted by Crippen LogP contribution is -2.52. The summed E-state index contributed by atoms with van der Waals surface area (Å²) in [6, 6.07) is -1.25. The Morgan fingerprint density at radius 1 is 1.29 bits per heavy atom. The maximum atomic E-state index is 12.8. The van der Waals surface area contributed by atoms with E-state index >= 15 is 0 Å². The van der Waals surface area contributed by atoms with E-state index in [2.05, 4.69) is 5.32 Å². The zero-order valence-electron chi connectivity index (χ0n) is 15.4. The number of hydrogen-bond acceptors (Lipinski definition) is 5. The smallest absolute Gasteiger partial charge is 0.408 e. The van der Waals surface area contributed by atoms with E-state index in [1.165, 1.54) is 12.0 Å². The molecule has 0 aliphatic carbocycles. The summed E-state index contributed by atoms with van der Waals surface area (Å²) in [6.07, 6.45) is 2.93. The van der Waals surface area contributed by atoms with Crippen molar-refractivity contribution < 1.29 is 23.9 Å². The van der Waals surface area contributed by atoms with Gasteiger partial charge >= 0.3 is 12.1 Å². The first-order chi connectivity index (χ1) is 11.2. The molecule has 0 aromatic carbocycles. The Bertz CT molecular complexity index is 458. The lowest BCUT2D eigenvalue weighted by molar-refractivity contribution is -0.151. The van der Waals surface area contributed by atoms with E-state index in [-0.39, 0.29) is 5.91 Å². The molecule has 1 aliphatic rings. The predicted molar refractivity (Wildman–Crippen MR) is 89.4 cm³/mol. The topological polar surface area (TPSA) is 84.9 Å². The summed E-state index contributed by atoms with van der Waals surface area (Å²) in [5, 5.41) is 2.66. The van der Waals surface area contributed by atoms with E-state index in [1.54, 1.807) is 20.8 Å². The third-order valence-electron chi connectivity index (χ3n) is 3.84. The van der Waals surface area contributed by atoms with Crippen LogP contribution >= 0.6 is 0 Å². The molecule has 0 aromatic heterocycles. The summed E-state index contributed by atoms with van der Waals surface area (Å²) < 4.78 is 10.0. The molecule has 1 N–H and O–H groups in total. The second-order valence-corrected chi connectivity index (χ2v) is 7.05. The van der Waals surface area contributed by atoms with Crippen molar-refractivity contribution in [3.8, 4) is 0 Å². The van der Waals surface area contributed by atoms with Crippen molar-refractivity contribution in [2.24, 2.45) is 0 Å². The number of methoxy groups -OCH3 is 1. The van der Waals surface area contributed by atoms with Crippen molar-refractivity contribution in [1.82, 2.24) is 10.2 Å². The number of ether oxygens (including phenoxy) is 2. The Morgan fingerprint density at radius 3 is 2.50 bits per heavy atom. The number of likely N-dealkylation sites (tertiary alicyclic amines) is 1. The Morgan fingerprint density at radius 2 is 1.96 bits per heavy atom. The van der Waals surface area contributed by atoms with Gasteiger partial charge in [0.25, 0.3) is 0 Å². The largest absolute Gasteiger partial charge is 0.467 e. The molecule has 1 rings (SSSR count). The molecule has 0 bridgehead atoms. The molecular weight excluding hydrogens is 312 g/mol. The maximum absolute atomic E-state index is 12.8. The van der Waals surface area contributed by atoms with E-state index < -0.39 is 29.7 Å². The molecule has 1 saturated heterocycles. The number of unbranched alkanes of at least 4 members (excludes halogenated alkanes) is 1. The van der Waals surface area contributed by atoms with Gasteiger partial charge in [0.05, 0.1) is 7.11 Å². The van der Waals surface area contributed by atoms with Crippen LogP contribution in [0.4, 0.5) is 4.79 Å². The minimum atomic E-state index is -0.690. The van der Waals surface area contributed by atoms with Gasteiger partial charge in [0.2, 0.25) is 5.91 Å². The fourth-order valence-electron chi connectivity index (χ4n) is 2.73. The number of nitrogens with one attached hydrogen (secondary N) is 1. The lowest BCUT2D eigenvalue weighted by atomic mass is 10.1. The normalized spacial score (nSPS) is 18.9. The number of rotatable bonds is 6. The van der Waals surface area contributed by atoms with Crippen molar-refractivity contribution in [2.75, 3.05) is 13.7 Å². The van der Waals surface area contributed by atoms with Gasteiger partial charge in [-0.25, -0.2) is 9.59 Å². The SMILES string of the molecule is CCCC[C@H](NC(=O)OC(C)(C)C)C(=O)N1CCC[C@H]1C(=O)OC. The number of nitrogens with zero attached hydrogens (tertiary/aromatic N) is 1. The summed E-state index contributed by atoms with van der Waals surface area (Å²) >= 11 is 0. The molecule has 7 nitrogen and oxygen atoms in total. The fourth-order valence-corrected chi connectivity index (χ4v) is 2.73. The summed E-state index contributed by atoms with van der Waals surface area (Å²) in [6.45, 7) is 7.81. The first-order valence-corrected chi connectivity index (χ1v) is 8.57. The summed E-state index contributed by atoms with van der Waals surface area (Å²) in [4.78, 5) is 38.2. The molecule has 138 valence electrons. The minimum absolute atomic E-state index is 0.248. The molecule has 24 heavy (non-hydrogen) atoms. The molecule has 0 aromatic rings. The highest BCUT2D eigenvalue weighted by atomic mass is 16.6. The predicted octanol–water partition coefficient (Wildman–Crippen LogP) is 2.23. The van der Waals surface area contributed by atoms with Gasteiger partial charge in [0.1, 0.15) is 17.7 Å². The van der Waals surface area contributed by atoms with Crippen molar-refractivity contribution in [3.05, 3.63) is 0 Å². The third-order valence-corrected chi connectivity index (χ3v) is 3.84. The molecule has 0 radical (unpaired) electrons. The highest BCUT2D eigenvalue weighted by Gasteiger charge is 2.38. The standard InChI is InChI=1S/C17H30N2O5/c1-6-7-9-12(18-16(22)24-17(2,3)4)14(20)19-11-8-10-13(19)15(21)23-5/h12-13H,6-11H2,1-5H3,(H,18,22)/t12-,13-/m0/s1. The van der Waals surface area contributed by atoms with Gasteiger partial charge in [-0.05, 0) is 40.0 Å². The number of amides is 2. The third kappa shape index (κ3) is 6.02. The molecule has 1 aliphatic heterocycles. The van der Waals surface area contributed by atoms with E-state index in [9.17, 15) is 14.4 Å². The number of carbonyl (C=O) groups is 3. The average molecular weight is 342 g/mol. The first kappa shape index (κ1) is 20.3. The molecule has 1 fully saturated rings. The van der Waals surface area contributed by atoms with Crippen LogP contribution < -0.4 is 5.32 Å². The van der Waals surface area contributed by atoms with Crippen molar-refractivity contribution in [2.45, 2.75) is 77.5 Å². The summed E-state index contributed by atoms with van der Waals surface area (Å²) in [7, 11) is 1.32. The van der Waals surface area contributed by atoms with Gasteiger partial charge in [-0.3, -0.25) is 4.79 Å². The van der Waals surface area contributed by atoms with Crippen molar-refractivity contribution in [3.63, 3.8) is 0 Å². The van der Waals surface area contributed by atoms with E-state index in [1.807, 2.05) is 6.92 Å². The van der Waals surface area contributed by atoms with Crippen LogP contribution in [0.15, 0.2) is 0 Å². The number of alkyl carbamates (subject to hydrolysis) is 1. The van der Waals surface area contributed by atoms with E-state index in [4.69, 9.17) is 9.47 Å². The quantitative estimate of drug-likeness (QED) is 0.748. The summed E-state index contributed by atoms with van der Waals surface area (Å²) in [5.74, 6) is -0.658. The average Bonchev–Trinajstić information content (AvgIpc) is 2.97. The second kappa shape index (κ2) is 8.89. The maximum Gasteiger partial charge on any atom is 0.408 e. The summed E-state index contributed by atoms with van der Waals surface area (Å²) in [5.41, 5.74) is -0.634. The minimum Gasteiger partial charge on any atom is -0.467 e. The van der Waals surface area contributed by atoms with E-state index in [0.717, 1.165) is 19.3 Å². The molecular formula is C17H30N2O5. The molecule has 0 unspecified atom stereocenters. The monoisotopic (exact) mass is 342 g/mol. The molecule has 0 spiro atoms. The van der Waals surface area contributed by atoms with Crippen LogP contribution in [0.25, 0.3) is 0 Å². The highest BCUT2D eigenvalue weighted by molar-refractivity contribution is 5.90. The van der Waals surface area contributed by atoms with Crippen LogP contribution in [-0.4, -0.2) is 54.2 Å². The zero-order chi connectivity index (χ0) is 18.3. The zero-order valence-corrected chi connectivity index (χ0v) is 15.4. The van der Waals surface area contributed by atoms with Crippen LogP contribution in [0.1, 0.15) is 59.8 Å². The molecule has 0 saturated carbocycles. The number of hydrogen-bond donors (Lipinski definition) is 1. The highest BCUT2D eigenvalue weighted by Crippen LogP contribution is 2.21. The first-order valence-electron chi connectivity index (χ1n) is 8.57. The van der Waals surface area contributed by atoms with Gasteiger partial charge < -0.3 is 19.7 Å². The Hall–Kier alpha value is -1.79. The van der Waals surface area contributed by atoms with Crippen LogP contribution in [0.5, 0.6) is 0 Å². The van der Waals surface area contributed by atoms with Gasteiger partial charge in [-0.15, -0.1) is 0 Å². The fraction of sp³-hybridized carbons (Fsp3) is 0.824. The van der Waals surface area contributed by atoms with Crippen molar-refractivity contribution >= 4 is 18.0 Å². The van der Waals surface area contributed by atoms with Crippen LogP contribution in [-0.2, 0) is 19.1 Å². The van der Waals surface area contributed by atoms with Crippen LogP contribution in [0, 0.1) is 0 Å². The number of esters is 1. The Kier molecular flexibility index (Phi) is 7.51. The Balaban J connectivity index is 2.80. The molecule has 1 heterocycles. The van der Waals surface area contributed by atoms with Crippen LogP contribution in [0.3, 0.4) is 0 Å². The van der Waals surface area contributed by atoms with Crippen molar-refractivity contribution in [1.29, 1.82) is 0 Å². The second-order valence-electron chi connectivity index (χ2n) is 7.05. The van der Waals surface area contributed by atoms with Gasteiger partial charge in [-0.2, -0.15) is 0 Å². The molecule has 7 heteroatoms. The molecule has 2 atom stereocenters. The van der Waals surface area contributed by atoms with Gasteiger partial charge in [-0.1, -0.05) is 19.8 Å². The van der Waals surface area contributed by atoms with Crippen LogP contribution in [0.2, 0.25) is 0 Å². The van der Waals surface area contributed by atoms with Gasteiger partial charge in [0, 0.05) is 6.54 Å². The number of carbonyl (C=O) groups excluding carboxylic acids is 3. The van der Waals surface area contributed by atoms with E-state index in [0.29, 0.717) is 19.4 Å². The lowest BCUT2D eigenvalue weighted by Gasteiger charge is -2.29. The Labute approximate surface area is 144 Å².